The van der Waals surface area contributed by atoms with E-state index in [0.29, 0.717) is 29.1 Å². The molecule has 0 bridgehead atoms. The van der Waals surface area contributed by atoms with Crippen LogP contribution in [0.3, 0.4) is 0 Å². The van der Waals surface area contributed by atoms with Gasteiger partial charge in [-0.2, -0.15) is 0 Å². The molecule has 5 rings (SSSR count). The number of rotatable bonds is 9. The lowest BCUT2D eigenvalue weighted by Crippen LogP contribution is -2.57. The van der Waals surface area contributed by atoms with Crippen molar-refractivity contribution in [3.63, 3.8) is 0 Å². The van der Waals surface area contributed by atoms with Crippen LogP contribution in [-0.4, -0.2) is 65.7 Å². The summed E-state index contributed by atoms with van der Waals surface area (Å²) < 4.78 is 7.84. The number of amides is 1. The molecule has 1 saturated heterocycles. The number of fused-ring (bicyclic) bond motifs is 1. The van der Waals surface area contributed by atoms with Crippen molar-refractivity contribution >= 4 is 39.8 Å². The highest BCUT2D eigenvalue weighted by Crippen LogP contribution is 2.40. The molecular formula is C30H33N7O2. The maximum absolute atomic E-state index is 12.6. The number of hydrogen-bond donors (Lipinski definition) is 2. The van der Waals surface area contributed by atoms with Gasteiger partial charge in [-0.1, -0.05) is 36.9 Å². The largest absolute Gasteiger partial charge is 0.494 e. The Bertz CT molecular complexity index is 1550. The standard InChI is InChI=1S/C30H33N7O2/c1-6-7-12-29(38)32-24-15-25(28(39-5)16-27(24)37-17-20(18-37)35(2)3)34-30-31-14-13-23(33-30)22-19-36(4)26-11-9-8-10-21(22)26/h6-16,19-20H,1,17-18H2,2-5H3,(H,32,38)(H,31,33,34)/b12-7+. The van der Waals surface area contributed by atoms with Crippen molar-refractivity contribution in [2.24, 2.45) is 7.05 Å². The van der Waals surface area contributed by atoms with E-state index in [0.717, 1.165) is 40.9 Å². The predicted octanol–water partition coefficient (Wildman–Crippen LogP) is 4.82. The van der Waals surface area contributed by atoms with Crippen molar-refractivity contribution in [2.45, 2.75) is 6.04 Å². The number of carbonyl (C=O) groups excluding carboxylic acids is 1. The first-order valence-corrected chi connectivity index (χ1v) is 12.8. The van der Waals surface area contributed by atoms with Crippen LogP contribution in [0.25, 0.3) is 22.2 Å². The van der Waals surface area contributed by atoms with Crippen molar-refractivity contribution in [3.05, 3.63) is 79.7 Å². The third-order valence-electron chi connectivity index (χ3n) is 6.97. The van der Waals surface area contributed by atoms with E-state index in [1.165, 1.54) is 6.08 Å². The molecule has 2 N–H and O–H groups in total. The lowest BCUT2D eigenvalue weighted by atomic mass is 10.0. The second kappa shape index (κ2) is 11.0. The zero-order valence-electron chi connectivity index (χ0n) is 22.7. The maximum Gasteiger partial charge on any atom is 0.248 e. The Morgan fingerprint density at radius 3 is 2.72 bits per heavy atom. The number of ether oxygens (including phenoxy) is 1. The van der Waals surface area contributed by atoms with E-state index in [4.69, 9.17) is 9.72 Å². The molecule has 3 heterocycles. The smallest absolute Gasteiger partial charge is 0.248 e. The molecule has 9 nitrogen and oxygen atoms in total. The monoisotopic (exact) mass is 523 g/mol. The zero-order valence-corrected chi connectivity index (χ0v) is 22.7. The number of likely N-dealkylation sites (N-methyl/N-ethyl adjacent to an activating group) is 1. The summed E-state index contributed by atoms with van der Waals surface area (Å²) in [5.41, 5.74) is 5.16. The van der Waals surface area contributed by atoms with E-state index in [1.54, 1.807) is 25.5 Å². The third-order valence-corrected chi connectivity index (χ3v) is 6.97. The Hall–Kier alpha value is -4.63. The van der Waals surface area contributed by atoms with Crippen molar-refractivity contribution in [3.8, 4) is 17.0 Å². The van der Waals surface area contributed by atoms with Gasteiger partial charge in [0.25, 0.3) is 0 Å². The van der Waals surface area contributed by atoms with Crippen LogP contribution in [0.4, 0.5) is 23.0 Å². The second-order valence-electron chi connectivity index (χ2n) is 9.74. The highest BCUT2D eigenvalue weighted by Gasteiger charge is 2.31. The molecule has 2 aromatic heterocycles. The van der Waals surface area contributed by atoms with Crippen LogP contribution in [0.15, 0.2) is 79.7 Å². The molecule has 1 aliphatic heterocycles. The van der Waals surface area contributed by atoms with Gasteiger partial charge in [-0.15, -0.1) is 0 Å². The molecule has 1 amide bonds. The number of aromatic nitrogens is 3. The van der Waals surface area contributed by atoms with Gasteiger partial charge in [-0.05, 0) is 32.3 Å². The molecule has 0 aliphatic carbocycles. The van der Waals surface area contributed by atoms with Crippen LogP contribution in [0.1, 0.15) is 0 Å². The first-order valence-electron chi connectivity index (χ1n) is 12.8. The second-order valence-corrected chi connectivity index (χ2v) is 9.74. The molecule has 4 aromatic rings. The molecule has 0 saturated carbocycles. The number of para-hydroxylation sites is 1. The lowest BCUT2D eigenvalue weighted by molar-refractivity contribution is -0.111. The summed E-state index contributed by atoms with van der Waals surface area (Å²) >= 11 is 0. The molecule has 0 spiro atoms. The molecule has 39 heavy (non-hydrogen) atoms. The van der Waals surface area contributed by atoms with Gasteiger partial charge in [0.2, 0.25) is 11.9 Å². The van der Waals surface area contributed by atoms with Crippen molar-refractivity contribution in [1.29, 1.82) is 0 Å². The Morgan fingerprint density at radius 1 is 1.18 bits per heavy atom. The molecule has 0 radical (unpaired) electrons. The normalized spacial score (nSPS) is 13.6. The van der Waals surface area contributed by atoms with Crippen molar-refractivity contribution in [1.82, 2.24) is 19.4 Å². The number of hydrogen-bond acceptors (Lipinski definition) is 7. The summed E-state index contributed by atoms with van der Waals surface area (Å²) in [6.45, 7) is 5.35. The van der Waals surface area contributed by atoms with Gasteiger partial charge in [0, 0.05) is 67.2 Å². The van der Waals surface area contributed by atoms with Crippen LogP contribution in [0.2, 0.25) is 0 Å². The summed E-state index contributed by atoms with van der Waals surface area (Å²) in [6.07, 6.45) is 8.43. The number of aryl methyl sites for hydroxylation is 1. The van der Waals surface area contributed by atoms with Crippen molar-refractivity contribution < 1.29 is 9.53 Å². The molecule has 0 atom stereocenters. The predicted molar refractivity (Wildman–Crippen MR) is 158 cm³/mol. The number of anilines is 4. The third kappa shape index (κ3) is 5.35. The lowest BCUT2D eigenvalue weighted by Gasteiger charge is -2.45. The molecule has 1 fully saturated rings. The van der Waals surface area contributed by atoms with E-state index in [9.17, 15) is 4.79 Å². The number of benzene rings is 2. The molecule has 1 aliphatic rings. The van der Waals surface area contributed by atoms with Gasteiger partial charge < -0.3 is 29.7 Å². The average molecular weight is 524 g/mol. The molecule has 0 unspecified atom stereocenters. The Kier molecular flexibility index (Phi) is 7.33. The summed E-state index contributed by atoms with van der Waals surface area (Å²) in [6, 6.07) is 14.4. The van der Waals surface area contributed by atoms with Gasteiger partial charge in [-0.3, -0.25) is 4.79 Å². The van der Waals surface area contributed by atoms with E-state index in [2.05, 4.69) is 69.0 Å². The molecular weight excluding hydrogens is 490 g/mol. The van der Waals surface area contributed by atoms with Gasteiger partial charge in [0.05, 0.1) is 29.9 Å². The minimum absolute atomic E-state index is 0.244. The van der Waals surface area contributed by atoms with Gasteiger partial charge >= 0.3 is 0 Å². The highest BCUT2D eigenvalue weighted by molar-refractivity contribution is 6.03. The molecule has 9 heteroatoms. The first kappa shape index (κ1) is 26.0. The fourth-order valence-electron chi connectivity index (χ4n) is 4.74. The minimum atomic E-state index is -0.244. The maximum atomic E-state index is 12.6. The molecule has 2 aromatic carbocycles. The van der Waals surface area contributed by atoms with E-state index < -0.39 is 0 Å². The van der Waals surface area contributed by atoms with E-state index >= 15 is 0 Å². The number of nitrogens with one attached hydrogen (secondary N) is 2. The van der Waals surface area contributed by atoms with Crippen LogP contribution in [-0.2, 0) is 11.8 Å². The number of allylic oxidation sites excluding steroid dienone is 2. The van der Waals surface area contributed by atoms with Gasteiger partial charge in [0.1, 0.15) is 5.75 Å². The van der Waals surface area contributed by atoms with Crippen LogP contribution in [0.5, 0.6) is 5.75 Å². The van der Waals surface area contributed by atoms with E-state index in [-0.39, 0.29) is 5.91 Å². The summed E-state index contributed by atoms with van der Waals surface area (Å²) in [5, 5.41) is 7.44. The fourth-order valence-corrected chi connectivity index (χ4v) is 4.74. The number of nitrogens with zero attached hydrogens (tertiary/aromatic N) is 5. The topological polar surface area (TPSA) is 87.5 Å². The quantitative estimate of drug-likeness (QED) is 0.240. The number of carbonyl (C=O) groups is 1. The van der Waals surface area contributed by atoms with Crippen LogP contribution in [0, 0.1) is 0 Å². The van der Waals surface area contributed by atoms with Crippen molar-refractivity contribution in [2.75, 3.05) is 49.8 Å². The fraction of sp³-hybridized carbons (Fsp3) is 0.233. The average Bonchev–Trinajstić information content (AvgIpc) is 3.24. The molecule has 200 valence electrons. The van der Waals surface area contributed by atoms with E-state index in [1.807, 2.05) is 37.4 Å². The SMILES string of the molecule is C=C/C=C/C(=O)Nc1cc(Nc2nccc(-c3cn(C)c4ccccc34)n2)c(OC)cc1N1CC(N(C)C)C1. The summed E-state index contributed by atoms with van der Waals surface area (Å²) in [4.78, 5) is 26.3. The minimum Gasteiger partial charge on any atom is -0.494 e. The Labute approximate surface area is 228 Å². The van der Waals surface area contributed by atoms with Crippen LogP contribution < -0.4 is 20.3 Å². The summed E-state index contributed by atoms with van der Waals surface area (Å²) in [5.74, 6) is 0.801. The number of methoxy groups -OCH3 is 1. The Balaban J connectivity index is 1.49. The van der Waals surface area contributed by atoms with Gasteiger partial charge in [-0.25, -0.2) is 9.97 Å². The van der Waals surface area contributed by atoms with Gasteiger partial charge in [0.15, 0.2) is 0 Å². The highest BCUT2D eigenvalue weighted by atomic mass is 16.5. The summed E-state index contributed by atoms with van der Waals surface area (Å²) in [7, 11) is 7.80. The van der Waals surface area contributed by atoms with Crippen LogP contribution >= 0.6 is 0 Å². The first-order chi connectivity index (χ1) is 18.9. The Morgan fingerprint density at radius 2 is 1.97 bits per heavy atom. The zero-order chi connectivity index (χ0) is 27.5.